The molecule has 0 amide bonds. The SMILES string of the molecule is CCc1ccc(O)c(O)c1.O=C1C=C(N2CC2)C(=O)C(N2CC2)=C1N1CC1. The Morgan fingerprint density at radius 3 is 1.96 bits per heavy atom. The molecule has 0 atom stereocenters. The van der Waals surface area contributed by atoms with Gasteiger partial charge in [-0.05, 0) is 24.1 Å². The Hall–Kier alpha value is -2.96. The zero-order valence-corrected chi connectivity index (χ0v) is 15.3. The number of benzene rings is 1. The van der Waals surface area contributed by atoms with Gasteiger partial charge in [0, 0.05) is 45.3 Å². The standard InChI is InChI=1S/C12H13N3O2.C8H10O2/c16-9-7-8(13-1-2-13)12(17)11(15-5-6-15)10(9)14-3-4-14;1-2-6-3-4-7(9)8(10)5-6/h7H,1-6H2;3-5,9-10H,2H2,1H3. The maximum absolute atomic E-state index is 12.4. The Bertz CT molecular complexity index is 862. The van der Waals surface area contributed by atoms with Crippen molar-refractivity contribution >= 4 is 11.6 Å². The first-order valence-electron chi connectivity index (χ1n) is 9.30. The van der Waals surface area contributed by atoms with Gasteiger partial charge in [0.15, 0.2) is 11.5 Å². The summed E-state index contributed by atoms with van der Waals surface area (Å²) in [5, 5.41) is 17.9. The number of aromatic hydroxyl groups is 2. The minimum atomic E-state index is -0.0581. The Morgan fingerprint density at radius 1 is 0.852 bits per heavy atom. The summed E-state index contributed by atoms with van der Waals surface area (Å²) in [6.45, 7) is 7.40. The van der Waals surface area contributed by atoms with Crippen LogP contribution in [0.15, 0.2) is 41.4 Å². The number of aryl methyl sites for hydroxylation is 1. The van der Waals surface area contributed by atoms with Gasteiger partial charge in [0.25, 0.3) is 0 Å². The van der Waals surface area contributed by atoms with Crippen molar-refractivity contribution in [2.75, 3.05) is 39.3 Å². The smallest absolute Gasteiger partial charge is 0.227 e. The molecule has 3 fully saturated rings. The summed E-state index contributed by atoms with van der Waals surface area (Å²) in [7, 11) is 0. The van der Waals surface area contributed by atoms with Gasteiger partial charge >= 0.3 is 0 Å². The first-order valence-corrected chi connectivity index (χ1v) is 9.30. The number of Topliss-reactive ketones (excluding diaryl/α,β-unsaturated/α-hetero) is 1. The largest absolute Gasteiger partial charge is 0.504 e. The molecule has 4 aliphatic rings. The van der Waals surface area contributed by atoms with Crippen molar-refractivity contribution in [1.82, 2.24) is 14.7 Å². The molecule has 0 saturated carbocycles. The molecular weight excluding hydrogens is 346 g/mol. The molecule has 3 aliphatic heterocycles. The lowest BCUT2D eigenvalue weighted by molar-refractivity contribution is -0.117. The van der Waals surface area contributed by atoms with Gasteiger partial charge in [-0.15, -0.1) is 0 Å². The van der Waals surface area contributed by atoms with E-state index in [9.17, 15) is 9.59 Å². The average molecular weight is 369 g/mol. The van der Waals surface area contributed by atoms with E-state index in [-0.39, 0.29) is 23.1 Å². The van der Waals surface area contributed by atoms with E-state index >= 15 is 0 Å². The van der Waals surface area contributed by atoms with E-state index in [4.69, 9.17) is 10.2 Å². The van der Waals surface area contributed by atoms with Gasteiger partial charge in [0.2, 0.25) is 11.6 Å². The van der Waals surface area contributed by atoms with Crippen LogP contribution in [-0.2, 0) is 16.0 Å². The molecule has 7 heteroatoms. The summed E-state index contributed by atoms with van der Waals surface area (Å²) in [4.78, 5) is 30.5. The number of allylic oxidation sites excluding steroid dienone is 1. The number of ketones is 2. The van der Waals surface area contributed by atoms with Gasteiger partial charge in [0.1, 0.15) is 11.4 Å². The van der Waals surface area contributed by atoms with Crippen LogP contribution in [0.1, 0.15) is 12.5 Å². The molecule has 2 N–H and O–H groups in total. The van der Waals surface area contributed by atoms with Gasteiger partial charge in [-0.3, -0.25) is 9.59 Å². The zero-order valence-electron chi connectivity index (χ0n) is 15.3. The Labute approximate surface area is 157 Å². The summed E-state index contributed by atoms with van der Waals surface area (Å²) in [6, 6.07) is 4.85. The van der Waals surface area contributed by atoms with Crippen molar-refractivity contribution in [2.24, 2.45) is 0 Å². The lowest BCUT2D eigenvalue weighted by Gasteiger charge is -2.21. The van der Waals surface area contributed by atoms with E-state index in [0.717, 1.165) is 51.3 Å². The second-order valence-electron chi connectivity index (χ2n) is 7.06. The van der Waals surface area contributed by atoms with Crippen LogP contribution < -0.4 is 0 Å². The van der Waals surface area contributed by atoms with E-state index in [1.807, 2.05) is 21.6 Å². The maximum Gasteiger partial charge on any atom is 0.227 e. The van der Waals surface area contributed by atoms with Crippen molar-refractivity contribution < 1.29 is 19.8 Å². The topological polar surface area (TPSA) is 83.6 Å². The van der Waals surface area contributed by atoms with E-state index < -0.39 is 0 Å². The van der Waals surface area contributed by atoms with E-state index in [1.165, 1.54) is 12.1 Å². The summed E-state index contributed by atoms with van der Waals surface area (Å²) in [5.41, 5.74) is 2.91. The normalized spacial score (nSPS) is 20.3. The highest BCUT2D eigenvalue weighted by molar-refractivity contribution is 6.22. The highest BCUT2D eigenvalue weighted by Gasteiger charge is 2.43. The van der Waals surface area contributed by atoms with Crippen molar-refractivity contribution in [3.05, 3.63) is 46.9 Å². The number of hydrogen-bond donors (Lipinski definition) is 2. The number of phenols is 2. The van der Waals surface area contributed by atoms with Gasteiger partial charge < -0.3 is 24.9 Å². The zero-order chi connectivity index (χ0) is 19.1. The minimum absolute atomic E-state index is 0.00546. The Morgan fingerprint density at radius 2 is 1.44 bits per heavy atom. The molecule has 142 valence electrons. The van der Waals surface area contributed by atoms with Crippen LogP contribution in [0.25, 0.3) is 0 Å². The predicted molar refractivity (Wildman–Crippen MR) is 99.0 cm³/mol. The summed E-state index contributed by atoms with van der Waals surface area (Å²) < 4.78 is 0. The molecule has 27 heavy (non-hydrogen) atoms. The fraction of sp³-hybridized carbons (Fsp3) is 0.400. The summed E-state index contributed by atoms with van der Waals surface area (Å²) in [6.07, 6.45) is 2.39. The summed E-state index contributed by atoms with van der Waals surface area (Å²) in [5.74, 6) is -0.0519. The van der Waals surface area contributed by atoms with Crippen LogP contribution in [0.3, 0.4) is 0 Å². The first kappa shape index (κ1) is 17.5. The van der Waals surface area contributed by atoms with Crippen molar-refractivity contribution in [3.8, 4) is 11.5 Å². The molecular formula is C20H23N3O4. The van der Waals surface area contributed by atoms with Crippen molar-refractivity contribution in [3.63, 3.8) is 0 Å². The predicted octanol–water partition coefficient (Wildman–Crippen LogP) is 0.841. The highest BCUT2D eigenvalue weighted by Crippen LogP contribution is 2.33. The summed E-state index contributed by atoms with van der Waals surface area (Å²) >= 11 is 0. The van der Waals surface area contributed by atoms with Crippen molar-refractivity contribution in [1.29, 1.82) is 0 Å². The van der Waals surface area contributed by atoms with E-state index in [0.29, 0.717) is 17.1 Å². The molecule has 5 rings (SSSR count). The Kier molecular flexibility index (Phi) is 4.30. The minimum Gasteiger partial charge on any atom is -0.504 e. The lowest BCUT2D eigenvalue weighted by atomic mass is 10.0. The second kappa shape index (κ2) is 6.64. The van der Waals surface area contributed by atoms with Crippen LogP contribution >= 0.6 is 0 Å². The van der Waals surface area contributed by atoms with Crippen LogP contribution in [-0.4, -0.2) is 75.7 Å². The Balaban J connectivity index is 0.000000155. The molecule has 0 bridgehead atoms. The van der Waals surface area contributed by atoms with Crippen LogP contribution in [0, 0.1) is 0 Å². The highest BCUT2D eigenvalue weighted by atomic mass is 16.3. The number of hydrogen-bond acceptors (Lipinski definition) is 7. The number of carbonyl (C=O) groups is 2. The second-order valence-corrected chi connectivity index (χ2v) is 7.06. The molecule has 0 radical (unpaired) electrons. The fourth-order valence-corrected chi connectivity index (χ4v) is 3.06. The first-order chi connectivity index (χ1) is 13.0. The lowest BCUT2D eigenvalue weighted by Crippen LogP contribution is -2.29. The van der Waals surface area contributed by atoms with Crippen LogP contribution in [0.4, 0.5) is 0 Å². The number of nitrogens with zero attached hydrogens (tertiary/aromatic N) is 3. The van der Waals surface area contributed by atoms with E-state index in [1.54, 1.807) is 12.1 Å². The number of rotatable bonds is 4. The third-order valence-corrected chi connectivity index (χ3v) is 4.94. The molecule has 0 spiro atoms. The molecule has 1 aliphatic carbocycles. The molecule has 3 heterocycles. The van der Waals surface area contributed by atoms with Gasteiger partial charge in [0.05, 0.1) is 5.70 Å². The average Bonchev–Trinajstić information content (AvgIpc) is 3.48. The number of phenolic OH excluding ortho intramolecular Hbond substituents is 2. The third-order valence-electron chi connectivity index (χ3n) is 4.94. The molecule has 0 unspecified atom stereocenters. The van der Waals surface area contributed by atoms with Crippen molar-refractivity contribution in [2.45, 2.75) is 13.3 Å². The molecule has 1 aromatic carbocycles. The molecule has 0 aromatic heterocycles. The number of carbonyl (C=O) groups excluding carboxylic acids is 2. The maximum atomic E-state index is 12.4. The quantitative estimate of drug-likeness (QED) is 0.462. The van der Waals surface area contributed by atoms with E-state index in [2.05, 4.69) is 0 Å². The van der Waals surface area contributed by atoms with Crippen LogP contribution in [0.2, 0.25) is 0 Å². The van der Waals surface area contributed by atoms with Gasteiger partial charge in [-0.1, -0.05) is 13.0 Å². The fourth-order valence-electron chi connectivity index (χ4n) is 3.06. The molecule has 1 aromatic rings. The molecule has 7 nitrogen and oxygen atoms in total. The van der Waals surface area contributed by atoms with Crippen LogP contribution in [0.5, 0.6) is 11.5 Å². The molecule has 3 saturated heterocycles. The van der Waals surface area contributed by atoms with Gasteiger partial charge in [-0.25, -0.2) is 0 Å². The monoisotopic (exact) mass is 369 g/mol. The third kappa shape index (κ3) is 3.63. The van der Waals surface area contributed by atoms with Gasteiger partial charge in [-0.2, -0.15) is 0 Å².